The van der Waals surface area contributed by atoms with E-state index in [0.29, 0.717) is 13.1 Å². The number of ether oxygens (including phenoxy) is 1. The lowest BCUT2D eigenvalue weighted by atomic mass is 10.1. The Morgan fingerprint density at radius 3 is 2.44 bits per heavy atom. The quantitative estimate of drug-likeness (QED) is 0.782. The number of cyclic esters (lactones) is 1. The smallest absolute Gasteiger partial charge is 0.410 e. The minimum absolute atomic E-state index is 0.0161. The Balaban J connectivity index is 2.01. The topological polar surface area (TPSA) is 29.5 Å². The number of amides is 1. The molecule has 86 valence electrons. The van der Waals surface area contributed by atoms with Gasteiger partial charge in [0.15, 0.2) is 0 Å². The fraction of sp³-hybridized carbons (Fsp3) is 0.462. The molecule has 0 spiro atoms. The van der Waals surface area contributed by atoms with Crippen LogP contribution in [0.4, 0.5) is 4.79 Å². The Bertz CT molecular complexity index is 372. The van der Waals surface area contributed by atoms with Crippen LogP contribution in [-0.4, -0.2) is 23.6 Å². The average Bonchev–Trinajstić information content (AvgIpc) is 2.59. The van der Waals surface area contributed by atoms with Crippen LogP contribution >= 0.6 is 0 Å². The van der Waals surface area contributed by atoms with Crippen molar-refractivity contribution in [2.75, 3.05) is 6.54 Å². The summed E-state index contributed by atoms with van der Waals surface area (Å²) in [7, 11) is 0. The van der Waals surface area contributed by atoms with E-state index in [4.69, 9.17) is 4.74 Å². The first-order valence-corrected chi connectivity index (χ1v) is 5.72. The first-order chi connectivity index (χ1) is 7.69. The van der Waals surface area contributed by atoms with Crippen molar-refractivity contribution < 1.29 is 9.53 Å². The lowest BCUT2D eigenvalue weighted by molar-refractivity contribution is 0.137. The maximum absolute atomic E-state index is 11.4. The zero-order valence-electron chi connectivity index (χ0n) is 9.77. The van der Waals surface area contributed by atoms with Crippen LogP contribution in [0.15, 0.2) is 24.3 Å². The minimum atomic E-state index is -0.202. The highest BCUT2D eigenvalue weighted by atomic mass is 16.6. The molecule has 1 aliphatic rings. The fourth-order valence-corrected chi connectivity index (χ4v) is 1.90. The van der Waals surface area contributed by atoms with Crippen LogP contribution < -0.4 is 0 Å². The van der Waals surface area contributed by atoms with Crippen molar-refractivity contribution in [1.29, 1.82) is 0 Å². The third kappa shape index (κ3) is 2.35. The number of carbonyl (C=O) groups excluding carboxylic acids is 1. The first-order valence-electron chi connectivity index (χ1n) is 5.72. The number of hydrogen-bond acceptors (Lipinski definition) is 2. The highest BCUT2D eigenvalue weighted by Gasteiger charge is 2.27. The monoisotopic (exact) mass is 219 g/mol. The maximum atomic E-state index is 11.4. The molecule has 3 heteroatoms. The number of hydrogen-bond donors (Lipinski definition) is 0. The first kappa shape index (κ1) is 11.0. The molecule has 1 atom stereocenters. The summed E-state index contributed by atoms with van der Waals surface area (Å²) in [6, 6.07) is 8.38. The van der Waals surface area contributed by atoms with E-state index in [1.165, 1.54) is 5.56 Å². The summed E-state index contributed by atoms with van der Waals surface area (Å²) in [5.74, 6) is 0. The Hall–Kier alpha value is -1.51. The molecule has 1 aromatic rings. The van der Waals surface area contributed by atoms with Gasteiger partial charge >= 0.3 is 6.09 Å². The van der Waals surface area contributed by atoms with E-state index >= 15 is 0 Å². The molecular weight excluding hydrogens is 202 g/mol. The SMILES string of the molecule is CCc1ccc(CN2CC(C)OC2=O)cc1. The second-order valence-corrected chi connectivity index (χ2v) is 4.24. The molecule has 3 nitrogen and oxygen atoms in total. The van der Waals surface area contributed by atoms with Crippen LogP contribution in [0, 0.1) is 0 Å². The van der Waals surface area contributed by atoms with E-state index in [9.17, 15) is 4.79 Å². The summed E-state index contributed by atoms with van der Waals surface area (Å²) in [5.41, 5.74) is 2.48. The molecule has 1 aliphatic heterocycles. The molecule has 16 heavy (non-hydrogen) atoms. The van der Waals surface area contributed by atoms with Gasteiger partial charge in [-0.25, -0.2) is 4.79 Å². The predicted octanol–water partition coefficient (Wildman–Crippen LogP) is 2.59. The van der Waals surface area contributed by atoms with E-state index in [0.717, 1.165) is 12.0 Å². The molecule has 0 aromatic heterocycles. The summed E-state index contributed by atoms with van der Waals surface area (Å²) >= 11 is 0. The second-order valence-electron chi connectivity index (χ2n) is 4.24. The number of benzene rings is 1. The fourth-order valence-electron chi connectivity index (χ4n) is 1.90. The maximum Gasteiger partial charge on any atom is 0.410 e. The Morgan fingerprint density at radius 1 is 1.31 bits per heavy atom. The Kier molecular flexibility index (Phi) is 3.13. The van der Waals surface area contributed by atoms with Crippen molar-refractivity contribution in [3.05, 3.63) is 35.4 Å². The van der Waals surface area contributed by atoms with Crippen LogP contribution in [0.3, 0.4) is 0 Å². The van der Waals surface area contributed by atoms with Crippen LogP contribution in [0.1, 0.15) is 25.0 Å². The van der Waals surface area contributed by atoms with Gasteiger partial charge in [0.1, 0.15) is 6.10 Å². The van der Waals surface area contributed by atoms with E-state index in [1.54, 1.807) is 4.90 Å². The van der Waals surface area contributed by atoms with Crippen molar-refractivity contribution in [2.24, 2.45) is 0 Å². The van der Waals surface area contributed by atoms with E-state index in [1.807, 2.05) is 6.92 Å². The van der Waals surface area contributed by atoms with Crippen molar-refractivity contribution in [2.45, 2.75) is 32.9 Å². The molecule has 0 bridgehead atoms. The van der Waals surface area contributed by atoms with Crippen LogP contribution in [0.5, 0.6) is 0 Å². The molecule has 1 heterocycles. The van der Waals surface area contributed by atoms with Gasteiger partial charge in [0.05, 0.1) is 6.54 Å². The summed E-state index contributed by atoms with van der Waals surface area (Å²) in [5, 5.41) is 0. The summed E-state index contributed by atoms with van der Waals surface area (Å²) < 4.78 is 5.08. The van der Waals surface area contributed by atoms with Crippen molar-refractivity contribution in [3.8, 4) is 0 Å². The molecule has 1 unspecified atom stereocenters. The van der Waals surface area contributed by atoms with Gasteiger partial charge in [-0.1, -0.05) is 31.2 Å². The summed E-state index contributed by atoms with van der Waals surface area (Å²) in [6.07, 6.45) is 0.859. The number of rotatable bonds is 3. The van der Waals surface area contributed by atoms with Gasteiger partial charge in [-0.3, -0.25) is 0 Å². The highest BCUT2D eigenvalue weighted by molar-refractivity contribution is 5.69. The molecule has 2 rings (SSSR count). The van der Waals surface area contributed by atoms with E-state index in [2.05, 4.69) is 31.2 Å². The predicted molar refractivity (Wildman–Crippen MR) is 62.2 cm³/mol. The molecule has 0 saturated carbocycles. The Labute approximate surface area is 96.0 Å². The molecular formula is C13H17NO2. The molecule has 1 amide bonds. The average molecular weight is 219 g/mol. The lowest BCUT2D eigenvalue weighted by Crippen LogP contribution is -2.24. The molecule has 0 aliphatic carbocycles. The molecule has 1 saturated heterocycles. The van der Waals surface area contributed by atoms with Crippen molar-refractivity contribution in [3.63, 3.8) is 0 Å². The standard InChI is InChI=1S/C13H17NO2/c1-3-11-4-6-12(7-5-11)9-14-8-10(2)16-13(14)15/h4-7,10H,3,8-9H2,1-2H3. The van der Waals surface area contributed by atoms with Gasteiger partial charge in [-0.15, -0.1) is 0 Å². The normalized spacial score (nSPS) is 20.0. The summed E-state index contributed by atoms with van der Waals surface area (Å²) in [4.78, 5) is 13.2. The van der Waals surface area contributed by atoms with Gasteiger partial charge in [0.25, 0.3) is 0 Å². The number of carbonyl (C=O) groups is 1. The number of aryl methyl sites for hydroxylation is 1. The van der Waals surface area contributed by atoms with Gasteiger partial charge < -0.3 is 9.64 Å². The molecule has 0 radical (unpaired) electrons. The Morgan fingerprint density at radius 2 is 1.94 bits per heavy atom. The van der Waals surface area contributed by atoms with Gasteiger partial charge in [-0.2, -0.15) is 0 Å². The van der Waals surface area contributed by atoms with Gasteiger partial charge in [0.2, 0.25) is 0 Å². The highest BCUT2D eigenvalue weighted by Crippen LogP contribution is 2.15. The van der Waals surface area contributed by atoms with Crippen LogP contribution in [0.2, 0.25) is 0 Å². The zero-order chi connectivity index (χ0) is 11.5. The van der Waals surface area contributed by atoms with Crippen LogP contribution in [-0.2, 0) is 17.7 Å². The third-order valence-electron chi connectivity index (χ3n) is 2.84. The molecule has 0 N–H and O–H groups in total. The van der Waals surface area contributed by atoms with Gasteiger partial charge in [-0.05, 0) is 24.5 Å². The lowest BCUT2D eigenvalue weighted by Gasteiger charge is -2.12. The van der Waals surface area contributed by atoms with E-state index in [-0.39, 0.29) is 12.2 Å². The molecule has 1 aromatic carbocycles. The largest absolute Gasteiger partial charge is 0.444 e. The van der Waals surface area contributed by atoms with Crippen LogP contribution in [0.25, 0.3) is 0 Å². The zero-order valence-corrected chi connectivity index (χ0v) is 9.77. The number of nitrogens with zero attached hydrogens (tertiary/aromatic N) is 1. The third-order valence-corrected chi connectivity index (χ3v) is 2.84. The van der Waals surface area contributed by atoms with Gasteiger partial charge in [0, 0.05) is 6.54 Å². The second kappa shape index (κ2) is 4.56. The van der Waals surface area contributed by atoms with E-state index < -0.39 is 0 Å². The van der Waals surface area contributed by atoms with Crippen molar-refractivity contribution >= 4 is 6.09 Å². The molecule has 1 fully saturated rings. The van der Waals surface area contributed by atoms with Crippen molar-refractivity contribution in [1.82, 2.24) is 4.90 Å². The minimum Gasteiger partial charge on any atom is -0.444 e. The summed E-state index contributed by atoms with van der Waals surface area (Å²) in [6.45, 7) is 5.38.